The maximum atomic E-state index is 6.20. The number of para-hydroxylation sites is 1. The fourth-order valence-corrected chi connectivity index (χ4v) is 3.51. The van der Waals surface area contributed by atoms with E-state index in [0.717, 1.165) is 24.0 Å². The number of rotatable bonds is 6. The molecule has 0 spiro atoms. The van der Waals surface area contributed by atoms with Gasteiger partial charge in [0.1, 0.15) is 11.9 Å². The molecule has 2 nitrogen and oxygen atoms in total. The van der Waals surface area contributed by atoms with Crippen LogP contribution in [0.15, 0.2) is 29.2 Å². The number of likely N-dealkylation sites (N-methyl/N-ethyl adjacent to an activating group) is 1. The predicted molar refractivity (Wildman–Crippen MR) is 83.1 cm³/mol. The first-order valence-corrected chi connectivity index (χ1v) is 8.31. The predicted octanol–water partition coefficient (Wildman–Crippen LogP) is 3.95. The molecule has 0 radical (unpaired) electrons. The summed E-state index contributed by atoms with van der Waals surface area (Å²) in [5.74, 6) is 2.85. The third-order valence-corrected chi connectivity index (χ3v) is 4.64. The minimum absolute atomic E-state index is 0.290. The Morgan fingerprint density at radius 1 is 1.32 bits per heavy atom. The molecule has 0 fully saturated rings. The Balaban J connectivity index is 1.99. The number of hydrogen-bond acceptors (Lipinski definition) is 3. The normalized spacial score (nSPS) is 19.9. The summed E-state index contributed by atoms with van der Waals surface area (Å²) in [5.41, 5.74) is 0. The van der Waals surface area contributed by atoms with E-state index in [2.05, 4.69) is 50.4 Å². The third-order valence-electron chi connectivity index (χ3n) is 3.50. The first-order chi connectivity index (χ1) is 9.20. The zero-order valence-corrected chi connectivity index (χ0v) is 13.0. The van der Waals surface area contributed by atoms with Crippen LogP contribution in [0, 0.1) is 5.92 Å². The average Bonchev–Trinajstić information content (AvgIpc) is 2.42. The Morgan fingerprint density at radius 3 is 2.84 bits per heavy atom. The molecular weight excluding hydrogens is 254 g/mol. The van der Waals surface area contributed by atoms with Crippen LogP contribution >= 0.6 is 11.8 Å². The van der Waals surface area contributed by atoms with Crippen molar-refractivity contribution in [1.82, 2.24) is 5.32 Å². The summed E-state index contributed by atoms with van der Waals surface area (Å²) in [6, 6.07) is 8.83. The van der Waals surface area contributed by atoms with E-state index in [0.29, 0.717) is 12.1 Å². The Morgan fingerprint density at radius 2 is 2.11 bits per heavy atom. The first kappa shape index (κ1) is 14.7. The average molecular weight is 279 g/mol. The summed E-state index contributed by atoms with van der Waals surface area (Å²) in [6.07, 6.45) is 2.74. The molecule has 1 aliphatic heterocycles. The van der Waals surface area contributed by atoms with Crippen molar-refractivity contribution in [2.45, 2.75) is 50.7 Å². The topological polar surface area (TPSA) is 21.3 Å². The third kappa shape index (κ3) is 4.15. The number of fused-ring (bicyclic) bond motifs is 1. The van der Waals surface area contributed by atoms with Crippen molar-refractivity contribution in [1.29, 1.82) is 0 Å². The van der Waals surface area contributed by atoms with Crippen molar-refractivity contribution in [2.24, 2.45) is 5.92 Å². The van der Waals surface area contributed by atoms with Gasteiger partial charge in [0.15, 0.2) is 0 Å². The molecule has 0 amide bonds. The highest BCUT2D eigenvalue weighted by atomic mass is 32.2. The fraction of sp³-hybridized carbons (Fsp3) is 0.625. The number of thioether (sulfide) groups is 1. The highest BCUT2D eigenvalue weighted by Gasteiger charge is 2.27. The molecule has 2 rings (SSSR count). The largest absolute Gasteiger partial charge is 0.487 e. The lowest BCUT2D eigenvalue weighted by Gasteiger charge is -2.32. The van der Waals surface area contributed by atoms with Crippen molar-refractivity contribution in [3.05, 3.63) is 24.3 Å². The van der Waals surface area contributed by atoms with Gasteiger partial charge in [-0.05, 0) is 37.4 Å². The van der Waals surface area contributed by atoms with Crippen LogP contribution < -0.4 is 10.1 Å². The van der Waals surface area contributed by atoms with Crippen LogP contribution in [0.3, 0.4) is 0 Å². The van der Waals surface area contributed by atoms with Gasteiger partial charge in [-0.15, -0.1) is 11.8 Å². The Hall–Kier alpha value is -0.670. The Labute approximate surface area is 121 Å². The number of nitrogens with one attached hydrogen (secondary N) is 1. The highest BCUT2D eigenvalue weighted by molar-refractivity contribution is 7.99. The number of benzene rings is 1. The van der Waals surface area contributed by atoms with Crippen molar-refractivity contribution in [3.8, 4) is 5.75 Å². The minimum Gasteiger partial charge on any atom is -0.487 e. The van der Waals surface area contributed by atoms with Gasteiger partial charge in [0, 0.05) is 16.7 Å². The summed E-state index contributed by atoms with van der Waals surface area (Å²) in [4.78, 5) is 1.28. The number of hydrogen-bond donors (Lipinski definition) is 1. The van der Waals surface area contributed by atoms with Gasteiger partial charge in [0.2, 0.25) is 0 Å². The lowest BCUT2D eigenvalue weighted by Crippen LogP contribution is -2.45. The SMILES string of the molecule is CCNC(CCC(C)C)C1CSc2ccccc2O1. The molecule has 1 heterocycles. The number of ether oxygens (including phenoxy) is 1. The second kappa shape index (κ2) is 7.20. The standard InChI is InChI=1S/C16H25NOS/c1-4-17-13(10-9-12(2)3)15-11-19-16-8-6-5-7-14(16)18-15/h5-8,12-13,15,17H,4,9-11H2,1-3H3. The summed E-state index contributed by atoms with van der Waals surface area (Å²) < 4.78 is 6.20. The molecule has 0 aromatic heterocycles. The molecule has 1 N–H and O–H groups in total. The maximum absolute atomic E-state index is 6.20. The molecule has 1 aromatic rings. The van der Waals surface area contributed by atoms with E-state index >= 15 is 0 Å². The van der Waals surface area contributed by atoms with Crippen LogP contribution in [0.2, 0.25) is 0 Å². The lowest BCUT2D eigenvalue weighted by molar-refractivity contribution is 0.158. The van der Waals surface area contributed by atoms with E-state index in [1.165, 1.54) is 17.7 Å². The van der Waals surface area contributed by atoms with E-state index in [1.807, 2.05) is 11.8 Å². The van der Waals surface area contributed by atoms with Gasteiger partial charge in [-0.2, -0.15) is 0 Å². The van der Waals surface area contributed by atoms with E-state index in [-0.39, 0.29) is 0 Å². The quantitative estimate of drug-likeness (QED) is 0.852. The monoisotopic (exact) mass is 279 g/mol. The lowest BCUT2D eigenvalue weighted by atomic mass is 10.00. The smallest absolute Gasteiger partial charge is 0.133 e. The van der Waals surface area contributed by atoms with Gasteiger partial charge < -0.3 is 10.1 Å². The van der Waals surface area contributed by atoms with Gasteiger partial charge in [0.25, 0.3) is 0 Å². The Bertz CT molecular complexity index is 394. The first-order valence-electron chi connectivity index (χ1n) is 7.32. The Kier molecular flexibility index (Phi) is 5.59. The summed E-state index contributed by atoms with van der Waals surface area (Å²) in [5, 5.41) is 3.60. The van der Waals surface area contributed by atoms with E-state index < -0.39 is 0 Å². The summed E-state index contributed by atoms with van der Waals surface area (Å²) in [6.45, 7) is 7.75. The molecule has 0 saturated heterocycles. The molecule has 1 aliphatic rings. The van der Waals surface area contributed by atoms with Crippen LogP contribution in [-0.4, -0.2) is 24.4 Å². The van der Waals surface area contributed by atoms with Crippen molar-refractivity contribution in [2.75, 3.05) is 12.3 Å². The van der Waals surface area contributed by atoms with Crippen LogP contribution in [0.1, 0.15) is 33.6 Å². The van der Waals surface area contributed by atoms with Crippen LogP contribution in [0.4, 0.5) is 0 Å². The molecule has 2 unspecified atom stereocenters. The molecule has 2 atom stereocenters. The zero-order chi connectivity index (χ0) is 13.7. The van der Waals surface area contributed by atoms with Gasteiger partial charge in [-0.25, -0.2) is 0 Å². The van der Waals surface area contributed by atoms with Crippen LogP contribution in [0.25, 0.3) is 0 Å². The second-order valence-electron chi connectivity index (χ2n) is 5.55. The maximum Gasteiger partial charge on any atom is 0.133 e. The molecular formula is C16H25NOS. The van der Waals surface area contributed by atoms with Gasteiger partial charge in [0.05, 0.1) is 0 Å². The van der Waals surface area contributed by atoms with Crippen LogP contribution in [0.5, 0.6) is 5.75 Å². The van der Waals surface area contributed by atoms with Gasteiger partial charge >= 0.3 is 0 Å². The second-order valence-corrected chi connectivity index (χ2v) is 6.61. The minimum atomic E-state index is 0.290. The van der Waals surface area contributed by atoms with Crippen molar-refractivity contribution in [3.63, 3.8) is 0 Å². The van der Waals surface area contributed by atoms with Crippen molar-refractivity contribution >= 4 is 11.8 Å². The molecule has 0 aliphatic carbocycles. The molecule has 0 bridgehead atoms. The molecule has 3 heteroatoms. The zero-order valence-electron chi connectivity index (χ0n) is 12.2. The van der Waals surface area contributed by atoms with Crippen LogP contribution in [-0.2, 0) is 0 Å². The summed E-state index contributed by atoms with van der Waals surface area (Å²) in [7, 11) is 0. The molecule has 0 saturated carbocycles. The molecule has 1 aromatic carbocycles. The fourth-order valence-electron chi connectivity index (χ4n) is 2.43. The van der Waals surface area contributed by atoms with E-state index in [1.54, 1.807) is 0 Å². The molecule has 106 valence electrons. The van der Waals surface area contributed by atoms with E-state index in [4.69, 9.17) is 4.74 Å². The summed E-state index contributed by atoms with van der Waals surface area (Å²) >= 11 is 1.92. The van der Waals surface area contributed by atoms with Gasteiger partial charge in [-0.1, -0.05) is 32.9 Å². The van der Waals surface area contributed by atoms with Gasteiger partial charge in [-0.3, -0.25) is 0 Å². The highest BCUT2D eigenvalue weighted by Crippen LogP contribution is 2.36. The van der Waals surface area contributed by atoms with Crippen molar-refractivity contribution < 1.29 is 4.74 Å². The van der Waals surface area contributed by atoms with E-state index in [9.17, 15) is 0 Å². The molecule has 19 heavy (non-hydrogen) atoms.